The molecule has 1 N–H and O–H groups in total. The molecule has 0 fully saturated rings. The third-order valence-electron chi connectivity index (χ3n) is 0.747. The minimum absolute atomic E-state index is 0.743. The number of hydrogen-bond acceptors (Lipinski definition) is 3. The van der Waals surface area contributed by atoms with Crippen molar-refractivity contribution in [1.29, 1.82) is 0 Å². The largest absolute Gasteiger partial charge is 0.439 e. The Labute approximate surface area is 47.7 Å². The molecule has 0 atom stereocenters. The van der Waals surface area contributed by atoms with Gasteiger partial charge in [0.15, 0.2) is 5.82 Å². The smallest absolute Gasteiger partial charge is 0.285 e. The molecule has 1 aromatic rings. The van der Waals surface area contributed by atoms with E-state index in [-0.39, 0.29) is 0 Å². The average Bonchev–Trinajstić information content (AvgIpc) is 2.19. The van der Waals surface area contributed by atoms with Gasteiger partial charge >= 0.3 is 0 Å². The van der Waals surface area contributed by atoms with Gasteiger partial charge in [0, 0.05) is 6.54 Å². The summed E-state index contributed by atoms with van der Waals surface area (Å²) in [5, 5.41) is 2.95. The van der Waals surface area contributed by atoms with E-state index in [0.29, 0.717) is 0 Å². The van der Waals surface area contributed by atoms with Crippen LogP contribution in [0.25, 0.3) is 0 Å². The zero-order valence-corrected chi connectivity index (χ0v) is 4.64. The van der Waals surface area contributed by atoms with Gasteiger partial charge in [-0.3, -0.25) is 0 Å². The normalized spacial score (nSPS) is 9.12. The summed E-state index contributed by atoms with van der Waals surface area (Å²) in [6.07, 6.45) is 3.84. The van der Waals surface area contributed by atoms with Crippen molar-refractivity contribution in [3.63, 3.8) is 0 Å². The molecular formula is C5H7N2O. The number of nitrogens with one attached hydrogen (secondary N) is 1. The Morgan fingerprint density at radius 2 is 2.88 bits per heavy atom. The van der Waals surface area contributed by atoms with Crippen LogP contribution in [0.1, 0.15) is 6.92 Å². The second kappa shape index (κ2) is 2.35. The third-order valence-corrected chi connectivity index (χ3v) is 0.747. The first-order chi connectivity index (χ1) is 3.93. The van der Waals surface area contributed by atoms with Gasteiger partial charge in [0.25, 0.3) is 6.39 Å². The fourth-order valence-electron chi connectivity index (χ4n) is 0.446. The summed E-state index contributed by atoms with van der Waals surface area (Å²) in [5.41, 5.74) is 0. The molecular weight excluding hydrogens is 104 g/mol. The number of nitrogens with zero attached hydrogens (tertiary/aromatic N) is 1. The van der Waals surface area contributed by atoms with Crippen molar-refractivity contribution in [2.45, 2.75) is 6.92 Å². The van der Waals surface area contributed by atoms with Gasteiger partial charge in [-0.05, 0) is 6.92 Å². The molecule has 0 bridgehead atoms. The predicted octanol–water partition coefficient (Wildman–Crippen LogP) is 0.907. The van der Waals surface area contributed by atoms with Crippen molar-refractivity contribution in [2.75, 3.05) is 11.9 Å². The second-order valence-corrected chi connectivity index (χ2v) is 1.35. The molecule has 0 saturated heterocycles. The van der Waals surface area contributed by atoms with E-state index in [2.05, 4.69) is 21.1 Å². The zero-order valence-electron chi connectivity index (χ0n) is 4.64. The highest BCUT2D eigenvalue weighted by molar-refractivity contribution is 5.27. The van der Waals surface area contributed by atoms with E-state index >= 15 is 0 Å². The minimum Gasteiger partial charge on any atom is -0.439 e. The Hall–Kier alpha value is -0.990. The highest BCUT2D eigenvalue weighted by Gasteiger charge is 1.88. The SMILES string of the molecule is CCNc1co[c]n1. The lowest BCUT2D eigenvalue weighted by atomic mass is 10.7. The second-order valence-electron chi connectivity index (χ2n) is 1.35. The first kappa shape index (κ1) is 5.15. The van der Waals surface area contributed by atoms with E-state index in [1.54, 1.807) is 0 Å². The predicted molar refractivity (Wildman–Crippen MR) is 29.5 cm³/mol. The van der Waals surface area contributed by atoms with Crippen molar-refractivity contribution in [3.8, 4) is 0 Å². The van der Waals surface area contributed by atoms with Crippen LogP contribution in [-0.4, -0.2) is 11.5 Å². The first-order valence-electron chi connectivity index (χ1n) is 2.49. The van der Waals surface area contributed by atoms with Gasteiger partial charge in [0.2, 0.25) is 0 Å². The van der Waals surface area contributed by atoms with Gasteiger partial charge in [-0.15, -0.1) is 0 Å². The lowest BCUT2D eigenvalue weighted by Crippen LogP contribution is -1.95. The van der Waals surface area contributed by atoms with Crippen LogP contribution in [0.3, 0.4) is 0 Å². The van der Waals surface area contributed by atoms with Crippen molar-refractivity contribution in [3.05, 3.63) is 12.7 Å². The van der Waals surface area contributed by atoms with Crippen LogP contribution >= 0.6 is 0 Å². The van der Waals surface area contributed by atoms with E-state index in [0.717, 1.165) is 12.4 Å². The molecule has 43 valence electrons. The summed E-state index contributed by atoms with van der Waals surface area (Å²) in [6.45, 7) is 2.86. The molecule has 1 aromatic heterocycles. The summed E-state index contributed by atoms with van der Waals surface area (Å²) in [6, 6.07) is 0. The van der Waals surface area contributed by atoms with Gasteiger partial charge in [0.1, 0.15) is 6.26 Å². The summed E-state index contributed by atoms with van der Waals surface area (Å²) < 4.78 is 4.57. The van der Waals surface area contributed by atoms with Crippen LogP contribution in [0, 0.1) is 6.39 Å². The standard InChI is InChI=1S/C5H7N2O/c1-2-6-5-3-8-4-7-5/h3,6H,2H2,1H3. The molecule has 0 aliphatic carbocycles. The van der Waals surface area contributed by atoms with Crippen LogP contribution in [0.15, 0.2) is 10.7 Å². The lowest BCUT2D eigenvalue weighted by Gasteiger charge is -1.90. The zero-order chi connectivity index (χ0) is 5.82. The Kier molecular flexibility index (Phi) is 1.51. The van der Waals surface area contributed by atoms with Crippen LogP contribution < -0.4 is 5.32 Å². The van der Waals surface area contributed by atoms with Crippen molar-refractivity contribution in [2.24, 2.45) is 0 Å². The first-order valence-corrected chi connectivity index (χ1v) is 2.49. The molecule has 1 heterocycles. The lowest BCUT2D eigenvalue weighted by molar-refractivity contribution is 0.548. The Bertz CT molecular complexity index is 136. The van der Waals surface area contributed by atoms with E-state index in [1.807, 2.05) is 6.92 Å². The maximum atomic E-state index is 4.57. The summed E-state index contributed by atoms with van der Waals surface area (Å²) in [5.74, 6) is 0.743. The van der Waals surface area contributed by atoms with E-state index in [4.69, 9.17) is 0 Å². The molecule has 0 unspecified atom stereocenters. The molecule has 0 amide bonds. The summed E-state index contributed by atoms with van der Waals surface area (Å²) >= 11 is 0. The van der Waals surface area contributed by atoms with Crippen molar-refractivity contribution >= 4 is 5.82 Å². The van der Waals surface area contributed by atoms with E-state index in [9.17, 15) is 0 Å². The fourth-order valence-corrected chi connectivity index (χ4v) is 0.446. The summed E-state index contributed by atoms with van der Waals surface area (Å²) in [4.78, 5) is 3.70. The highest BCUT2D eigenvalue weighted by atomic mass is 16.3. The van der Waals surface area contributed by atoms with Crippen LogP contribution in [0.2, 0.25) is 0 Å². The van der Waals surface area contributed by atoms with Gasteiger partial charge in [-0.2, -0.15) is 4.98 Å². The molecule has 0 aromatic carbocycles. The third kappa shape index (κ3) is 0.992. The average molecular weight is 111 g/mol. The Morgan fingerprint density at radius 3 is 3.38 bits per heavy atom. The number of anilines is 1. The number of oxazole rings is 1. The molecule has 0 saturated carbocycles. The van der Waals surface area contributed by atoms with Crippen molar-refractivity contribution < 1.29 is 4.42 Å². The number of hydrogen-bond donors (Lipinski definition) is 1. The van der Waals surface area contributed by atoms with E-state index < -0.39 is 0 Å². The monoisotopic (exact) mass is 111 g/mol. The molecule has 0 spiro atoms. The van der Waals surface area contributed by atoms with Gasteiger partial charge in [-0.1, -0.05) is 0 Å². The number of rotatable bonds is 2. The topological polar surface area (TPSA) is 38.1 Å². The van der Waals surface area contributed by atoms with Crippen molar-refractivity contribution in [1.82, 2.24) is 4.98 Å². The Balaban J connectivity index is 2.50. The molecule has 1 rings (SSSR count). The van der Waals surface area contributed by atoms with Crippen LogP contribution in [-0.2, 0) is 0 Å². The maximum absolute atomic E-state index is 4.57. The van der Waals surface area contributed by atoms with Gasteiger partial charge < -0.3 is 9.73 Å². The highest BCUT2D eigenvalue weighted by Crippen LogP contribution is 1.97. The Morgan fingerprint density at radius 1 is 2.00 bits per heavy atom. The van der Waals surface area contributed by atoms with Gasteiger partial charge in [0.05, 0.1) is 0 Å². The molecule has 1 radical (unpaired) electrons. The molecule has 8 heavy (non-hydrogen) atoms. The quantitative estimate of drug-likeness (QED) is 0.616. The molecule has 0 aliphatic rings. The maximum Gasteiger partial charge on any atom is 0.285 e. The molecule has 3 heteroatoms. The summed E-state index contributed by atoms with van der Waals surface area (Å²) in [7, 11) is 0. The molecule has 3 nitrogen and oxygen atoms in total. The number of aromatic nitrogens is 1. The van der Waals surface area contributed by atoms with Crippen LogP contribution in [0.5, 0.6) is 0 Å². The van der Waals surface area contributed by atoms with Gasteiger partial charge in [-0.25, -0.2) is 0 Å². The van der Waals surface area contributed by atoms with Crippen LogP contribution in [0.4, 0.5) is 5.82 Å². The minimum atomic E-state index is 0.743. The fraction of sp³-hybridized carbons (Fsp3) is 0.400. The molecule has 0 aliphatic heterocycles. The van der Waals surface area contributed by atoms with E-state index in [1.165, 1.54) is 6.26 Å².